The van der Waals surface area contributed by atoms with Crippen LogP contribution < -0.4 is 0 Å². The lowest BCUT2D eigenvalue weighted by atomic mass is 9.98. The normalized spacial score (nSPS) is 16.7. The number of phenols is 1. The average molecular weight is 349 g/mol. The number of pyridine rings is 1. The van der Waals surface area contributed by atoms with Crippen LogP contribution in [0.25, 0.3) is 0 Å². The zero-order valence-corrected chi connectivity index (χ0v) is 14.1. The van der Waals surface area contributed by atoms with Crippen molar-refractivity contribution in [3.05, 3.63) is 82.3 Å². The molecule has 1 amide bonds. The van der Waals surface area contributed by atoms with Gasteiger partial charge >= 0.3 is 0 Å². The van der Waals surface area contributed by atoms with Gasteiger partial charge < -0.3 is 5.11 Å². The summed E-state index contributed by atoms with van der Waals surface area (Å²) in [6, 6.07) is 14.1. The third kappa shape index (κ3) is 2.92. The number of phenolic OH excluding ortho intramolecular Hbond substituents is 1. The highest BCUT2D eigenvalue weighted by atomic mass is 32.1. The number of benzene rings is 1. The Balaban J connectivity index is 1.75. The lowest BCUT2D eigenvalue weighted by Gasteiger charge is -2.22. The van der Waals surface area contributed by atoms with Crippen LogP contribution in [0.5, 0.6) is 5.75 Å². The molecule has 0 saturated carbocycles. The van der Waals surface area contributed by atoms with E-state index in [1.54, 1.807) is 30.6 Å². The van der Waals surface area contributed by atoms with Crippen LogP contribution in [-0.4, -0.2) is 26.7 Å². The molecule has 3 aromatic rings. The number of aromatic nitrogens is 1. The van der Waals surface area contributed by atoms with Crippen molar-refractivity contribution in [2.75, 3.05) is 0 Å². The molecule has 1 aliphatic heterocycles. The Morgan fingerprint density at radius 3 is 2.76 bits per heavy atom. The third-order valence-corrected chi connectivity index (χ3v) is 5.00. The fraction of sp³-hybridized carbons (Fsp3) is 0.105. The summed E-state index contributed by atoms with van der Waals surface area (Å²) in [4.78, 5) is 17.7. The number of para-hydroxylation sites is 1. The lowest BCUT2D eigenvalue weighted by Crippen LogP contribution is -2.26. The molecule has 0 unspecified atom stereocenters. The molecule has 3 heterocycles. The van der Waals surface area contributed by atoms with Crippen molar-refractivity contribution in [1.29, 1.82) is 0 Å². The van der Waals surface area contributed by atoms with Crippen LogP contribution in [0.15, 0.2) is 71.4 Å². The summed E-state index contributed by atoms with van der Waals surface area (Å²) in [6.45, 7) is 0. The zero-order valence-electron chi connectivity index (χ0n) is 13.2. The van der Waals surface area contributed by atoms with Gasteiger partial charge in [0.2, 0.25) is 0 Å². The molecule has 1 aliphatic rings. The van der Waals surface area contributed by atoms with E-state index in [0.29, 0.717) is 16.9 Å². The summed E-state index contributed by atoms with van der Waals surface area (Å²) < 4.78 is 0. The minimum Gasteiger partial charge on any atom is -0.508 e. The SMILES string of the molecule is O=C(c1cccs1)N1N=C(c2cccnc2)C[C@H]1c1ccccc1O. The molecule has 0 aliphatic carbocycles. The maximum absolute atomic E-state index is 12.9. The van der Waals surface area contributed by atoms with E-state index in [1.165, 1.54) is 16.3 Å². The zero-order chi connectivity index (χ0) is 17.2. The number of aromatic hydroxyl groups is 1. The van der Waals surface area contributed by atoms with Gasteiger partial charge in [-0.2, -0.15) is 5.10 Å². The van der Waals surface area contributed by atoms with Crippen molar-refractivity contribution < 1.29 is 9.90 Å². The Labute approximate surface area is 148 Å². The molecular formula is C19H15N3O2S. The van der Waals surface area contributed by atoms with Gasteiger partial charge in [0.25, 0.3) is 5.91 Å². The van der Waals surface area contributed by atoms with E-state index >= 15 is 0 Å². The number of carbonyl (C=O) groups excluding carboxylic acids is 1. The van der Waals surface area contributed by atoms with E-state index in [0.717, 1.165) is 11.3 Å². The van der Waals surface area contributed by atoms with Crippen molar-refractivity contribution in [2.45, 2.75) is 12.5 Å². The van der Waals surface area contributed by atoms with Gasteiger partial charge in [0.1, 0.15) is 5.75 Å². The Morgan fingerprint density at radius 2 is 2.04 bits per heavy atom. The van der Waals surface area contributed by atoms with E-state index in [4.69, 9.17) is 0 Å². The van der Waals surface area contributed by atoms with Gasteiger partial charge in [-0.15, -0.1) is 11.3 Å². The van der Waals surface area contributed by atoms with Gasteiger partial charge in [0.15, 0.2) is 0 Å². The predicted molar refractivity (Wildman–Crippen MR) is 96.7 cm³/mol. The molecular weight excluding hydrogens is 334 g/mol. The van der Waals surface area contributed by atoms with Crippen LogP contribution in [0, 0.1) is 0 Å². The number of carbonyl (C=O) groups is 1. The summed E-state index contributed by atoms with van der Waals surface area (Å²) in [5.74, 6) is 0.00117. The van der Waals surface area contributed by atoms with Gasteiger partial charge in [0, 0.05) is 29.9 Å². The number of hydrogen-bond acceptors (Lipinski definition) is 5. The van der Waals surface area contributed by atoms with Gasteiger partial charge in [-0.3, -0.25) is 9.78 Å². The van der Waals surface area contributed by atoms with Crippen LogP contribution >= 0.6 is 11.3 Å². The van der Waals surface area contributed by atoms with Crippen LogP contribution in [0.1, 0.15) is 33.3 Å². The van der Waals surface area contributed by atoms with E-state index in [-0.39, 0.29) is 17.7 Å². The second-order valence-corrected chi connectivity index (χ2v) is 6.64. The van der Waals surface area contributed by atoms with E-state index in [2.05, 4.69) is 10.1 Å². The Kier molecular flexibility index (Phi) is 4.03. The summed E-state index contributed by atoms with van der Waals surface area (Å²) in [5, 5.41) is 18.2. The molecule has 0 radical (unpaired) electrons. The molecule has 0 bridgehead atoms. The van der Waals surface area contributed by atoms with Crippen LogP contribution in [0.4, 0.5) is 0 Å². The highest BCUT2D eigenvalue weighted by molar-refractivity contribution is 7.12. The van der Waals surface area contributed by atoms with Crippen LogP contribution in [0.3, 0.4) is 0 Å². The molecule has 6 heteroatoms. The minimum absolute atomic E-state index is 0.165. The first-order valence-corrected chi connectivity index (χ1v) is 8.75. The summed E-state index contributed by atoms with van der Waals surface area (Å²) in [7, 11) is 0. The molecule has 25 heavy (non-hydrogen) atoms. The molecule has 1 N–H and O–H groups in total. The highest BCUT2D eigenvalue weighted by Gasteiger charge is 2.35. The second-order valence-electron chi connectivity index (χ2n) is 5.69. The largest absolute Gasteiger partial charge is 0.508 e. The number of rotatable bonds is 3. The predicted octanol–water partition coefficient (Wildman–Crippen LogP) is 3.84. The number of hydrazone groups is 1. The molecule has 2 aromatic heterocycles. The van der Waals surface area contributed by atoms with Crippen molar-refractivity contribution in [3.8, 4) is 5.75 Å². The summed E-state index contributed by atoms with van der Waals surface area (Å²) in [6.07, 6.45) is 3.97. The molecule has 4 rings (SSSR count). The average Bonchev–Trinajstić information content (AvgIpc) is 3.32. The molecule has 1 aromatic carbocycles. The Morgan fingerprint density at radius 1 is 1.16 bits per heavy atom. The van der Waals surface area contributed by atoms with Gasteiger partial charge in [-0.25, -0.2) is 5.01 Å². The highest BCUT2D eigenvalue weighted by Crippen LogP contribution is 2.37. The van der Waals surface area contributed by atoms with Gasteiger partial charge in [-0.05, 0) is 23.6 Å². The first kappa shape index (κ1) is 15.5. The van der Waals surface area contributed by atoms with Crippen molar-refractivity contribution in [1.82, 2.24) is 9.99 Å². The fourth-order valence-corrected chi connectivity index (χ4v) is 3.59. The lowest BCUT2D eigenvalue weighted by molar-refractivity contribution is 0.0714. The fourth-order valence-electron chi connectivity index (χ4n) is 2.93. The summed E-state index contributed by atoms with van der Waals surface area (Å²) in [5.41, 5.74) is 2.35. The van der Waals surface area contributed by atoms with Gasteiger partial charge in [0.05, 0.1) is 16.6 Å². The molecule has 0 spiro atoms. The first-order chi connectivity index (χ1) is 12.2. The Hall–Kier alpha value is -2.99. The monoisotopic (exact) mass is 349 g/mol. The van der Waals surface area contributed by atoms with Gasteiger partial charge in [-0.1, -0.05) is 30.3 Å². The standard InChI is InChI=1S/C19H15N3O2S/c23-17-7-2-1-6-14(17)16-11-15(13-5-3-9-20-12-13)21-22(16)19(24)18-8-4-10-25-18/h1-10,12,16,23H,11H2/t16-/m0/s1. The smallest absolute Gasteiger partial charge is 0.284 e. The minimum atomic E-state index is -0.342. The maximum Gasteiger partial charge on any atom is 0.284 e. The topological polar surface area (TPSA) is 65.8 Å². The molecule has 0 saturated heterocycles. The molecule has 5 nitrogen and oxygen atoms in total. The Bertz CT molecular complexity index is 923. The summed E-state index contributed by atoms with van der Waals surface area (Å²) >= 11 is 1.38. The van der Waals surface area contributed by atoms with E-state index < -0.39 is 0 Å². The van der Waals surface area contributed by atoms with E-state index in [9.17, 15) is 9.90 Å². The number of nitrogens with zero attached hydrogens (tertiary/aromatic N) is 3. The van der Waals surface area contributed by atoms with Crippen LogP contribution in [-0.2, 0) is 0 Å². The molecule has 0 fully saturated rings. The first-order valence-electron chi connectivity index (χ1n) is 7.87. The number of amides is 1. The quantitative estimate of drug-likeness (QED) is 0.781. The van der Waals surface area contributed by atoms with Crippen molar-refractivity contribution >= 4 is 23.0 Å². The number of hydrogen-bond donors (Lipinski definition) is 1. The molecule has 1 atom stereocenters. The maximum atomic E-state index is 12.9. The van der Waals surface area contributed by atoms with Crippen molar-refractivity contribution in [3.63, 3.8) is 0 Å². The van der Waals surface area contributed by atoms with Crippen LogP contribution in [0.2, 0.25) is 0 Å². The van der Waals surface area contributed by atoms with E-state index in [1.807, 2.05) is 35.7 Å². The third-order valence-electron chi connectivity index (χ3n) is 4.14. The van der Waals surface area contributed by atoms with Crippen molar-refractivity contribution in [2.24, 2.45) is 5.10 Å². The number of thiophene rings is 1. The second kappa shape index (κ2) is 6.49. The molecule has 124 valence electrons.